The van der Waals surface area contributed by atoms with Crippen molar-refractivity contribution in [1.82, 2.24) is 19.6 Å². The van der Waals surface area contributed by atoms with Crippen molar-refractivity contribution in [2.45, 2.75) is 32.0 Å². The summed E-state index contributed by atoms with van der Waals surface area (Å²) in [5, 5.41) is 7.60. The van der Waals surface area contributed by atoms with E-state index in [0.29, 0.717) is 22.0 Å². The van der Waals surface area contributed by atoms with Gasteiger partial charge in [0.05, 0.1) is 11.0 Å². The summed E-state index contributed by atoms with van der Waals surface area (Å²) < 4.78 is 40.9. The predicted molar refractivity (Wildman–Crippen MR) is 83.6 cm³/mol. The summed E-state index contributed by atoms with van der Waals surface area (Å²) in [6.45, 7) is 5.92. The second-order valence-electron chi connectivity index (χ2n) is 5.74. The Morgan fingerprint density at radius 2 is 1.96 bits per heavy atom. The molecule has 0 N–H and O–H groups in total. The molecule has 0 radical (unpaired) electrons. The molecule has 0 saturated heterocycles. The molecule has 2 heterocycles. The van der Waals surface area contributed by atoms with Crippen LogP contribution in [0.1, 0.15) is 25.2 Å². The van der Waals surface area contributed by atoms with Crippen LogP contribution in [0, 0.1) is 12.8 Å². The average molecular weight is 340 g/mol. The lowest BCUT2D eigenvalue weighted by molar-refractivity contribution is -0.145. The van der Waals surface area contributed by atoms with Gasteiger partial charge in [-0.3, -0.25) is 4.40 Å². The van der Waals surface area contributed by atoms with Gasteiger partial charge in [-0.05, 0) is 24.5 Å². The lowest BCUT2D eigenvalue weighted by Crippen LogP contribution is -2.12. The number of halogens is 3. The molecule has 23 heavy (non-hydrogen) atoms. The van der Waals surface area contributed by atoms with Crippen molar-refractivity contribution in [3.8, 4) is 0 Å². The highest BCUT2D eigenvalue weighted by Gasteiger charge is 2.38. The Balaban J connectivity index is 2.35. The highest BCUT2D eigenvalue weighted by molar-refractivity contribution is 7.99. The first kappa shape index (κ1) is 16.0. The van der Waals surface area contributed by atoms with Gasteiger partial charge in [-0.2, -0.15) is 13.2 Å². The van der Waals surface area contributed by atoms with E-state index < -0.39 is 12.0 Å². The van der Waals surface area contributed by atoms with E-state index in [4.69, 9.17) is 0 Å². The quantitative estimate of drug-likeness (QED) is 0.665. The topological polar surface area (TPSA) is 43.1 Å². The van der Waals surface area contributed by atoms with E-state index in [1.165, 1.54) is 11.8 Å². The Bertz CT molecular complexity index is 870. The van der Waals surface area contributed by atoms with E-state index in [0.717, 1.165) is 15.7 Å². The van der Waals surface area contributed by atoms with Crippen molar-refractivity contribution < 1.29 is 13.2 Å². The number of aromatic nitrogens is 4. The van der Waals surface area contributed by atoms with Gasteiger partial charge < -0.3 is 0 Å². The zero-order valence-electron chi connectivity index (χ0n) is 12.8. The third kappa shape index (κ3) is 2.87. The van der Waals surface area contributed by atoms with Crippen LogP contribution in [0.2, 0.25) is 0 Å². The van der Waals surface area contributed by atoms with E-state index >= 15 is 0 Å². The second-order valence-corrected chi connectivity index (χ2v) is 6.75. The first-order valence-corrected chi connectivity index (χ1v) is 8.12. The number of rotatable bonds is 3. The molecule has 0 spiro atoms. The van der Waals surface area contributed by atoms with Crippen LogP contribution in [0.25, 0.3) is 16.7 Å². The summed E-state index contributed by atoms with van der Waals surface area (Å²) in [5.74, 6) is 0.116. The summed E-state index contributed by atoms with van der Waals surface area (Å²) in [5.41, 5.74) is 1.88. The van der Waals surface area contributed by atoms with Crippen LogP contribution >= 0.6 is 11.8 Å². The Hall–Kier alpha value is -1.83. The van der Waals surface area contributed by atoms with Gasteiger partial charge in [-0.25, -0.2) is 4.98 Å². The zero-order valence-corrected chi connectivity index (χ0v) is 13.7. The fourth-order valence-electron chi connectivity index (χ4n) is 2.30. The molecule has 0 amide bonds. The van der Waals surface area contributed by atoms with Crippen LogP contribution in [0.5, 0.6) is 0 Å². The molecule has 122 valence electrons. The molecule has 0 unspecified atom stereocenters. The van der Waals surface area contributed by atoms with Gasteiger partial charge >= 0.3 is 6.18 Å². The Labute approximate surface area is 135 Å². The van der Waals surface area contributed by atoms with Gasteiger partial charge in [0, 0.05) is 5.75 Å². The maximum Gasteiger partial charge on any atom is 0.452 e. The van der Waals surface area contributed by atoms with Gasteiger partial charge in [0.15, 0.2) is 5.65 Å². The maximum atomic E-state index is 13.3. The minimum Gasteiger partial charge on any atom is -0.267 e. The molecule has 3 rings (SSSR count). The van der Waals surface area contributed by atoms with Gasteiger partial charge in [0.2, 0.25) is 5.82 Å². The standard InChI is InChI=1S/C15H15F3N4S/c1-8(2)7-23-13-12-20-21-14(15(16,17)18)22(12)10-6-4-5-9(3)11(10)19-13/h4-6,8H,7H2,1-3H3. The minimum absolute atomic E-state index is 0.154. The smallest absolute Gasteiger partial charge is 0.267 e. The SMILES string of the molecule is Cc1cccc2c1nc(SCC(C)C)c1nnc(C(F)(F)F)n12. The van der Waals surface area contributed by atoms with Crippen LogP contribution in [0.4, 0.5) is 13.2 Å². The van der Waals surface area contributed by atoms with Crippen molar-refractivity contribution >= 4 is 28.4 Å². The Kier molecular flexibility index (Phi) is 3.95. The van der Waals surface area contributed by atoms with Crippen LogP contribution < -0.4 is 0 Å². The number of para-hydroxylation sites is 1. The van der Waals surface area contributed by atoms with E-state index in [-0.39, 0.29) is 5.65 Å². The second kappa shape index (κ2) is 5.67. The lowest BCUT2D eigenvalue weighted by Gasteiger charge is -2.11. The van der Waals surface area contributed by atoms with Crippen LogP contribution in [-0.2, 0) is 6.18 Å². The average Bonchev–Trinajstić information content (AvgIpc) is 2.90. The molecule has 1 aromatic carbocycles. The number of hydrogen-bond donors (Lipinski definition) is 0. The summed E-state index contributed by atoms with van der Waals surface area (Å²) in [6.07, 6.45) is -4.57. The summed E-state index contributed by atoms with van der Waals surface area (Å²) in [4.78, 5) is 4.54. The number of benzene rings is 1. The Morgan fingerprint density at radius 1 is 1.22 bits per heavy atom. The number of hydrogen-bond acceptors (Lipinski definition) is 4. The molecule has 0 aliphatic heterocycles. The number of nitrogens with zero attached hydrogens (tertiary/aromatic N) is 4. The third-order valence-electron chi connectivity index (χ3n) is 3.33. The normalized spacial score (nSPS) is 12.7. The molecule has 0 bridgehead atoms. The molecular weight excluding hydrogens is 325 g/mol. The predicted octanol–water partition coefficient (Wildman–Crippen LogP) is 4.35. The largest absolute Gasteiger partial charge is 0.452 e. The monoisotopic (exact) mass is 340 g/mol. The molecule has 4 nitrogen and oxygen atoms in total. The first-order valence-electron chi connectivity index (χ1n) is 7.13. The van der Waals surface area contributed by atoms with Crippen molar-refractivity contribution in [3.63, 3.8) is 0 Å². The van der Waals surface area contributed by atoms with Gasteiger partial charge in [0.1, 0.15) is 5.03 Å². The number of alkyl halides is 3. The van der Waals surface area contributed by atoms with Crippen molar-refractivity contribution in [2.75, 3.05) is 5.75 Å². The summed E-state index contributed by atoms with van der Waals surface area (Å²) >= 11 is 1.40. The molecule has 8 heteroatoms. The highest BCUT2D eigenvalue weighted by Crippen LogP contribution is 2.33. The van der Waals surface area contributed by atoms with Crippen molar-refractivity contribution in [1.29, 1.82) is 0 Å². The van der Waals surface area contributed by atoms with Gasteiger partial charge in [-0.15, -0.1) is 22.0 Å². The third-order valence-corrected chi connectivity index (χ3v) is 4.71. The van der Waals surface area contributed by atoms with Crippen molar-refractivity contribution in [3.05, 3.63) is 29.6 Å². The molecule has 2 aromatic heterocycles. The van der Waals surface area contributed by atoms with E-state index in [9.17, 15) is 13.2 Å². The van der Waals surface area contributed by atoms with Gasteiger partial charge in [0.25, 0.3) is 0 Å². The molecule has 0 atom stereocenters. The molecule has 0 saturated carbocycles. The molecule has 3 aromatic rings. The fourth-order valence-corrected chi connectivity index (χ4v) is 3.21. The van der Waals surface area contributed by atoms with Crippen LogP contribution in [0.3, 0.4) is 0 Å². The van der Waals surface area contributed by atoms with Gasteiger partial charge in [-0.1, -0.05) is 26.0 Å². The van der Waals surface area contributed by atoms with E-state index in [1.54, 1.807) is 12.1 Å². The molecular formula is C15H15F3N4S. The van der Waals surface area contributed by atoms with Crippen LogP contribution in [-0.4, -0.2) is 25.3 Å². The minimum atomic E-state index is -4.57. The summed E-state index contributed by atoms with van der Waals surface area (Å²) in [6, 6.07) is 5.15. The number of aryl methyl sites for hydroxylation is 1. The number of fused-ring (bicyclic) bond motifs is 3. The Morgan fingerprint density at radius 3 is 2.61 bits per heavy atom. The number of thioether (sulfide) groups is 1. The van der Waals surface area contributed by atoms with E-state index in [2.05, 4.69) is 15.2 Å². The lowest BCUT2D eigenvalue weighted by atomic mass is 10.2. The highest BCUT2D eigenvalue weighted by atomic mass is 32.2. The molecule has 0 aliphatic carbocycles. The molecule has 0 fully saturated rings. The maximum absolute atomic E-state index is 13.3. The van der Waals surface area contributed by atoms with Crippen molar-refractivity contribution in [2.24, 2.45) is 5.92 Å². The van der Waals surface area contributed by atoms with E-state index in [1.807, 2.05) is 26.8 Å². The zero-order chi connectivity index (χ0) is 16.8. The molecule has 0 aliphatic rings. The fraction of sp³-hybridized carbons (Fsp3) is 0.400. The first-order chi connectivity index (χ1) is 10.8. The summed E-state index contributed by atoms with van der Waals surface area (Å²) in [7, 11) is 0. The van der Waals surface area contributed by atoms with Crippen LogP contribution in [0.15, 0.2) is 23.2 Å².